The van der Waals surface area contributed by atoms with Gasteiger partial charge in [-0.2, -0.15) is 0 Å². The molecule has 2 aromatic rings. The molecule has 5 heteroatoms. The molecule has 1 aliphatic heterocycles. The number of amides is 1. The number of nitrogens with one attached hydrogen (secondary N) is 1. The molecule has 3 rings (SSSR count). The molecular formula is C16H14F2N2O. The molecule has 0 saturated carbocycles. The average molecular weight is 288 g/mol. The number of para-hydroxylation sites is 1. The molecule has 0 fully saturated rings. The van der Waals surface area contributed by atoms with Crippen molar-refractivity contribution in [2.75, 3.05) is 17.3 Å². The summed E-state index contributed by atoms with van der Waals surface area (Å²) in [5.74, 6) is -1.82. The summed E-state index contributed by atoms with van der Waals surface area (Å²) < 4.78 is 26.2. The van der Waals surface area contributed by atoms with Crippen LogP contribution in [0.15, 0.2) is 42.5 Å². The third-order valence-electron chi connectivity index (χ3n) is 3.69. The topological polar surface area (TPSA) is 32.3 Å². The van der Waals surface area contributed by atoms with Crippen LogP contribution in [0.25, 0.3) is 0 Å². The molecule has 1 aliphatic rings. The monoisotopic (exact) mass is 288 g/mol. The lowest BCUT2D eigenvalue weighted by Gasteiger charge is -2.32. The van der Waals surface area contributed by atoms with E-state index in [0.29, 0.717) is 5.69 Å². The maximum atomic E-state index is 13.3. The van der Waals surface area contributed by atoms with E-state index in [2.05, 4.69) is 5.32 Å². The van der Waals surface area contributed by atoms with Crippen molar-refractivity contribution in [1.29, 1.82) is 0 Å². The first-order valence-electron chi connectivity index (χ1n) is 6.63. The largest absolute Gasteiger partial charge is 0.378 e. The number of hydrogen-bond acceptors (Lipinski definition) is 2. The Hall–Kier alpha value is -2.43. The predicted octanol–water partition coefficient (Wildman–Crippen LogP) is 3.48. The Labute approximate surface area is 121 Å². The van der Waals surface area contributed by atoms with Crippen molar-refractivity contribution in [2.24, 2.45) is 0 Å². The number of nitrogens with zero attached hydrogens (tertiary/aromatic N) is 1. The summed E-state index contributed by atoms with van der Waals surface area (Å²) in [4.78, 5) is 13.6. The van der Waals surface area contributed by atoms with E-state index >= 15 is 0 Å². The molecule has 1 N–H and O–H groups in total. The lowest BCUT2D eigenvalue weighted by molar-refractivity contribution is -0.118. The molecule has 21 heavy (non-hydrogen) atoms. The normalized spacial score (nSPS) is 17.6. The molecule has 2 aromatic carbocycles. The van der Waals surface area contributed by atoms with Crippen LogP contribution in [0.5, 0.6) is 0 Å². The first-order valence-corrected chi connectivity index (χ1v) is 6.63. The van der Waals surface area contributed by atoms with Gasteiger partial charge in [0.2, 0.25) is 5.91 Å². The molecular weight excluding hydrogens is 274 g/mol. The van der Waals surface area contributed by atoms with E-state index < -0.39 is 11.6 Å². The summed E-state index contributed by atoms with van der Waals surface area (Å²) in [6, 6.07) is 10.9. The molecule has 0 aliphatic carbocycles. The van der Waals surface area contributed by atoms with Crippen molar-refractivity contribution < 1.29 is 13.6 Å². The second-order valence-electron chi connectivity index (χ2n) is 5.04. The lowest BCUT2D eigenvalue weighted by atomic mass is 9.96. The van der Waals surface area contributed by atoms with Crippen LogP contribution in [0, 0.1) is 11.6 Å². The molecule has 1 heterocycles. The second-order valence-corrected chi connectivity index (χ2v) is 5.04. The van der Waals surface area contributed by atoms with Crippen LogP contribution < -0.4 is 10.2 Å². The fraction of sp³-hybridized carbons (Fsp3) is 0.188. The summed E-state index contributed by atoms with van der Waals surface area (Å²) in [6.07, 6.45) is 0.270. The standard InChI is InChI=1S/C16H14F2N2O/c1-20-15-5-3-2-4-11(15)14(9-16(20)21)19-10-6-7-12(17)13(18)8-10/h2-8,14,19H,9H2,1H3. The fourth-order valence-corrected chi connectivity index (χ4v) is 2.56. The van der Waals surface area contributed by atoms with Gasteiger partial charge in [-0.05, 0) is 23.8 Å². The van der Waals surface area contributed by atoms with Gasteiger partial charge in [0.15, 0.2) is 11.6 Å². The molecule has 0 bridgehead atoms. The Morgan fingerprint density at radius 1 is 1.14 bits per heavy atom. The highest BCUT2D eigenvalue weighted by Crippen LogP contribution is 2.35. The minimum atomic E-state index is -0.910. The molecule has 108 valence electrons. The molecule has 0 spiro atoms. The zero-order valence-corrected chi connectivity index (χ0v) is 11.4. The number of anilines is 2. The minimum Gasteiger partial charge on any atom is -0.378 e. The summed E-state index contributed by atoms with van der Waals surface area (Å²) in [7, 11) is 1.73. The van der Waals surface area contributed by atoms with Crippen LogP contribution in [0.1, 0.15) is 18.0 Å². The van der Waals surface area contributed by atoms with Crippen molar-refractivity contribution in [3.05, 3.63) is 59.7 Å². The molecule has 1 amide bonds. The summed E-state index contributed by atoms with van der Waals surface area (Å²) in [5, 5.41) is 3.10. The zero-order chi connectivity index (χ0) is 15.0. The first-order chi connectivity index (χ1) is 10.1. The maximum Gasteiger partial charge on any atom is 0.229 e. The maximum absolute atomic E-state index is 13.3. The summed E-state index contributed by atoms with van der Waals surface area (Å²) >= 11 is 0. The van der Waals surface area contributed by atoms with Gasteiger partial charge < -0.3 is 10.2 Å². The molecule has 3 nitrogen and oxygen atoms in total. The second kappa shape index (κ2) is 5.16. The van der Waals surface area contributed by atoms with Crippen molar-refractivity contribution in [1.82, 2.24) is 0 Å². The van der Waals surface area contributed by atoms with Gasteiger partial charge in [-0.15, -0.1) is 0 Å². The van der Waals surface area contributed by atoms with E-state index in [1.54, 1.807) is 11.9 Å². The van der Waals surface area contributed by atoms with Crippen molar-refractivity contribution in [3.8, 4) is 0 Å². The van der Waals surface area contributed by atoms with E-state index in [1.807, 2.05) is 24.3 Å². The number of halogens is 2. The quantitative estimate of drug-likeness (QED) is 0.917. The van der Waals surface area contributed by atoms with Gasteiger partial charge in [0.05, 0.1) is 12.5 Å². The van der Waals surface area contributed by atoms with Crippen LogP contribution in [0.2, 0.25) is 0 Å². The summed E-state index contributed by atoms with van der Waals surface area (Å²) in [6.45, 7) is 0. The number of fused-ring (bicyclic) bond motifs is 1. The highest BCUT2D eigenvalue weighted by Gasteiger charge is 2.28. The third-order valence-corrected chi connectivity index (χ3v) is 3.69. The molecule has 0 radical (unpaired) electrons. The van der Waals surface area contributed by atoms with Gasteiger partial charge in [0.25, 0.3) is 0 Å². The fourth-order valence-electron chi connectivity index (χ4n) is 2.56. The van der Waals surface area contributed by atoms with Crippen molar-refractivity contribution in [2.45, 2.75) is 12.5 Å². The first kappa shape index (κ1) is 13.5. The lowest BCUT2D eigenvalue weighted by Crippen LogP contribution is -2.35. The van der Waals surface area contributed by atoms with E-state index in [0.717, 1.165) is 23.4 Å². The number of rotatable bonds is 2. The molecule has 1 atom stereocenters. The van der Waals surface area contributed by atoms with Gasteiger partial charge in [-0.25, -0.2) is 8.78 Å². The van der Waals surface area contributed by atoms with Crippen LogP contribution in [0.4, 0.5) is 20.2 Å². The Balaban J connectivity index is 1.93. The van der Waals surface area contributed by atoms with E-state index in [4.69, 9.17) is 0 Å². The molecule has 0 aromatic heterocycles. The predicted molar refractivity (Wildman–Crippen MR) is 77.2 cm³/mol. The van der Waals surface area contributed by atoms with Gasteiger partial charge >= 0.3 is 0 Å². The minimum absolute atomic E-state index is 0.0196. The van der Waals surface area contributed by atoms with Gasteiger partial charge in [-0.1, -0.05) is 18.2 Å². The Bertz CT molecular complexity index is 702. The SMILES string of the molecule is CN1C(=O)CC(Nc2ccc(F)c(F)c2)c2ccccc21. The average Bonchev–Trinajstić information content (AvgIpc) is 2.48. The van der Waals surface area contributed by atoms with Crippen molar-refractivity contribution >= 4 is 17.3 Å². The van der Waals surface area contributed by atoms with Gasteiger partial charge in [0.1, 0.15) is 0 Å². The number of benzene rings is 2. The highest BCUT2D eigenvalue weighted by atomic mass is 19.2. The number of hydrogen-bond donors (Lipinski definition) is 1. The molecule has 1 unspecified atom stereocenters. The summed E-state index contributed by atoms with van der Waals surface area (Å²) in [5.41, 5.74) is 2.24. The molecule has 0 saturated heterocycles. The van der Waals surface area contributed by atoms with Crippen LogP contribution in [0.3, 0.4) is 0 Å². The number of carbonyl (C=O) groups is 1. The van der Waals surface area contributed by atoms with Crippen LogP contribution in [-0.2, 0) is 4.79 Å². The Kier molecular flexibility index (Phi) is 3.33. The van der Waals surface area contributed by atoms with Gasteiger partial charge in [0, 0.05) is 24.5 Å². The Morgan fingerprint density at radius 3 is 2.67 bits per heavy atom. The van der Waals surface area contributed by atoms with E-state index in [-0.39, 0.29) is 18.4 Å². The zero-order valence-electron chi connectivity index (χ0n) is 11.4. The van der Waals surface area contributed by atoms with Crippen LogP contribution >= 0.6 is 0 Å². The smallest absolute Gasteiger partial charge is 0.229 e. The third kappa shape index (κ3) is 2.46. The number of carbonyl (C=O) groups excluding carboxylic acids is 1. The highest BCUT2D eigenvalue weighted by molar-refractivity contribution is 5.97. The van der Waals surface area contributed by atoms with Crippen molar-refractivity contribution in [3.63, 3.8) is 0 Å². The van der Waals surface area contributed by atoms with Crippen LogP contribution in [-0.4, -0.2) is 13.0 Å². The van der Waals surface area contributed by atoms with E-state index in [9.17, 15) is 13.6 Å². The Morgan fingerprint density at radius 2 is 1.90 bits per heavy atom. The van der Waals surface area contributed by atoms with E-state index in [1.165, 1.54) is 6.07 Å². The van der Waals surface area contributed by atoms with Gasteiger partial charge in [-0.3, -0.25) is 4.79 Å².